The molecule has 5 nitrogen and oxygen atoms in total. The number of furan rings is 1. The summed E-state index contributed by atoms with van der Waals surface area (Å²) in [5, 5.41) is 0. The molecule has 0 saturated carbocycles. The van der Waals surface area contributed by atoms with Crippen LogP contribution in [0.3, 0.4) is 0 Å². The van der Waals surface area contributed by atoms with Crippen molar-refractivity contribution in [2.45, 2.75) is 51.7 Å². The maximum absolute atomic E-state index is 13.9. The molecule has 1 fully saturated rings. The number of rotatable bonds is 5. The van der Waals surface area contributed by atoms with Gasteiger partial charge in [0.25, 0.3) is 5.91 Å². The van der Waals surface area contributed by atoms with Gasteiger partial charge in [-0.3, -0.25) is 4.79 Å². The minimum absolute atomic E-state index is 0.0569. The highest BCUT2D eigenvalue weighted by Crippen LogP contribution is 2.26. The standard InChI is InChI=1S/C21H24FNO4/c1-3-15-8-6-7-13-23(15)20(24)14(2)26-21(25)19-12-11-18(27-19)16-9-4-5-10-17(16)22/h4-5,9-12,14-15H,3,6-8,13H2,1-2H3/t14-,15-/m1/s1. The summed E-state index contributed by atoms with van der Waals surface area (Å²) in [5.41, 5.74) is 0.264. The topological polar surface area (TPSA) is 59.8 Å². The molecule has 1 aromatic heterocycles. The fourth-order valence-electron chi connectivity index (χ4n) is 3.47. The minimum atomic E-state index is -0.897. The third kappa shape index (κ3) is 4.21. The summed E-state index contributed by atoms with van der Waals surface area (Å²) in [6.45, 7) is 4.32. The summed E-state index contributed by atoms with van der Waals surface area (Å²) < 4.78 is 24.6. The van der Waals surface area contributed by atoms with E-state index in [0.29, 0.717) is 6.54 Å². The van der Waals surface area contributed by atoms with Crippen molar-refractivity contribution in [2.24, 2.45) is 0 Å². The number of likely N-dealkylation sites (tertiary alicyclic amines) is 1. The fourth-order valence-corrected chi connectivity index (χ4v) is 3.47. The number of amides is 1. The van der Waals surface area contributed by atoms with Gasteiger partial charge in [-0.1, -0.05) is 19.1 Å². The van der Waals surface area contributed by atoms with Crippen LogP contribution in [0, 0.1) is 5.82 Å². The van der Waals surface area contributed by atoms with Crippen molar-refractivity contribution in [1.29, 1.82) is 0 Å². The van der Waals surface area contributed by atoms with E-state index in [1.807, 2.05) is 4.90 Å². The van der Waals surface area contributed by atoms with Crippen molar-refractivity contribution in [1.82, 2.24) is 4.90 Å². The van der Waals surface area contributed by atoms with Gasteiger partial charge in [0.05, 0.1) is 5.56 Å². The molecule has 2 aromatic rings. The van der Waals surface area contributed by atoms with Crippen LogP contribution in [0.4, 0.5) is 4.39 Å². The molecule has 1 aliphatic rings. The molecular formula is C21H24FNO4. The van der Waals surface area contributed by atoms with Gasteiger partial charge in [-0.05, 0) is 56.9 Å². The molecule has 0 bridgehead atoms. The largest absolute Gasteiger partial charge is 0.449 e. The Bertz CT molecular complexity index is 816. The SMILES string of the molecule is CC[C@@H]1CCCCN1C(=O)[C@@H](C)OC(=O)c1ccc(-c2ccccc2F)o1. The van der Waals surface area contributed by atoms with E-state index < -0.39 is 17.9 Å². The van der Waals surface area contributed by atoms with Crippen LogP contribution in [0.2, 0.25) is 0 Å². The summed E-state index contributed by atoms with van der Waals surface area (Å²) in [5.74, 6) is -1.18. The Morgan fingerprint density at radius 2 is 2.04 bits per heavy atom. The van der Waals surface area contributed by atoms with Crippen molar-refractivity contribution >= 4 is 11.9 Å². The molecule has 0 spiro atoms. The Morgan fingerprint density at radius 3 is 2.78 bits per heavy atom. The molecule has 144 valence electrons. The van der Waals surface area contributed by atoms with E-state index in [4.69, 9.17) is 9.15 Å². The normalized spacial score (nSPS) is 18.2. The van der Waals surface area contributed by atoms with Gasteiger partial charge < -0.3 is 14.1 Å². The predicted octanol–water partition coefficient (Wildman–Crippen LogP) is 4.42. The number of piperidine rings is 1. The van der Waals surface area contributed by atoms with E-state index in [2.05, 4.69) is 6.92 Å². The zero-order chi connectivity index (χ0) is 19.4. The van der Waals surface area contributed by atoms with Gasteiger partial charge in [-0.15, -0.1) is 0 Å². The van der Waals surface area contributed by atoms with Crippen LogP contribution in [0.25, 0.3) is 11.3 Å². The van der Waals surface area contributed by atoms with Crippen molar-refractivity contribution in [3.8, 4) is 11.3 Å². The first-order chi connectivity index (χ1) is 13.0. The van der Waals surface area contributed by atoms with Crippen molar-refractivity contribution in [3.05, 3.63) is 48.0 Å². The molecule has 27 heavy (non-hydrogen) atoms. The quantitative estimate of drug-likeness (QED) is 0.728. The molecule has 0 radical (unpaired) electrons. The third-order valence-corrected chi connectivity index (χ3v) is 4.96. The summed E-state index contributed by atoms with van der Waals surface area (Å²) in [6.07, 6.45) is 3.05. The molecule has 2 heterocycles. The second-order valence-corrected chi connectivity index (χ2v) is 6.78. The number of halogens is 1. The van der Waals surface area contributed by atoms with E-state index in [9.17, 15) is 14.0 Å². The fraction of sp³-hybridized carbons (Fsp3) is 0.429. The maximum Gasteiger partial charge on any atom is 0.375 e. The molecule has 2 atom stereocenters. The lowest BCUT2D eigenvalue weighted by atomic mass is 9.99. The Kier molecular flexibility index (Phi) is 5.94. The summed E-state index contributed by atoms with van der Waals surface area (Å²) >= 11 is 0. The van der Waals surface area contributed by atoms with Crippen LogP contribution in [0.5, 0.6) is 0 Å². The number of nitrogens with zero attached hydrogens (tertiary/aromatic N) is 1. The van der Waals surface area contributed by atoms with Crippen LogP contribution in [0.15, 0.2) is 40.8 Å². The van der Waals surface area contributed by atoms with E-state index >= 15 is 0 Å². The average molecular weight is 373 g/mol. The van der Waals surface area contributed by atoms with Crippen LogP contribution in [0.1, 0.15) is 50.1 Å². The van der Waals surface area contributed by atoms with Gasteiger partial charge in [0.2, 0.25) is 5.76 Å². The van der Waals surface area contributed by atoms with E-state index in [0.717, 1.165) is 25.7 Å². The molecule has 3 rings (SSSR count). The lowest BCUT2D eigenvalue weighted by Crippen LogP contribution is -2.48. The highest BCUT2D eigenvalue weighted by atomic mass is 19.1. The zero-order valence-corrected chi connectivity index (χ0v) is 15.6. The van der Waals surface area contributed by atoms with E-state index in [-0.39, 0.29) is 29.0 Å². The summed E-state index contributed by atoms with van der Waals surface area (Å²) in [4.78, 5) is 26.8. The zero-order valence-electron chi connectivity index (χ0n) is 15.6. The monoisotopic (exact) mass is 373 g/mol. The highest BCUT2D eigenvalue weighted by Gasteiger charge is 2.31. The molecule has 0 N–H and O–H groups in total. The first-order valence-electron chi connectivity index (χ1n) is 9.37. The van der Waals surface area contributed by atoms with Crippen LogP contribution in [-0.4, -0.2) is 35.5 Å². The second-order valence-electron chi connectivity index (χ2n) is 6.78. The second kappa shape index (κ2) is 8.37. The smallest absolute Gasteiger partial charge is 0.375 e. The number of hydrogen-bond acceptors (Lipinski definition) is 4. The molecule has 0 unspecified atom stereocenters. The summed E-state index contributed by atoms with van der Waals surface area (Å²) in [7, 11) is 0. The molecular weight excluding hydrogens is 349 g/mol. The van der Waals surface area contributed by atoms with Gasteiger partial charge in [0, 0.05) is 12.6 Å². The van der Waals surface area contributed by atoms with Gasteiger partial charge in [-0.2, -0.15) is 0 Å². The van der Waals surface area contributed by atoms with E-state index in [1.54, 1.807) is 25.1 Å². The molecule has 1 amide bonds. The number of hydrogen-bond donors (Lipinski definition) is 0. The maximum atomic E-state index is 13.9. The third-order valence-electron chi connectivity index (χ3n) is 4.96. The van der Waals surface area contributed by atoms with Crippen LogP contribution in [-0.2, 0) is 9.53 Å². The highest BCUT2D eigenvalue weighted by molar-refractivity contribution is 5.90. The number of ether oxygens (including phenoxy) is 1. The molecule has 1 aromatic carbocycles. The number of benzene rings is 1. The minimum Gasteiger partial charge on any atom is -0.449 e. The molecule has 1 saturated heterocycles. The molecule has 1 aliphatic heterocycles. The Labute approximate surface area is 158 Å². The molecule has 0 aliphatic carbocycles. The lowest BCUT2D eigenvalue weighted by molar-refractivity contribution is -0.143. The number of carbonyl (C=O) groups excluding carboxylic acids is 2. The lowest BCUT2D eigenvalue weighted by Gasteiger charge is -2.36. The van der Waals surface area contributed by atoms with E-state index in [1.165, 1.54) is 18.2 Å². The van der Waals surface area contributed by atoms with Crippen molar-refractivity contribution < 1.29 is 23.1 Å². The predicted molar refractivity (Wildman–Crippen MR) is 98.6 cm³/mol. The number of carbonyl (C=O) groups is 2. The van der Waals surface area contributed by atoms with Gasteiger partial charge in [-0.25, -0.2) is 9.18 Å². The average Bonchev–Trinajstić information content (AvgIpc) is 3.17. The summed E-state index contributed by atoms with van der Waals surface area (Å²) in [6, 6.07) is 9.28. The van der Waals surface area contributed by atoms with Crippen molar-refractivity contribution in [3.63, 3.8) is 0 Å². The molecule has 6 heteroatoms. The Hall–Kier alpha value is -2.63. The Balaban J connectivity index is 1.66. The first kappa shape index (κ1) is 19.1. The Morgan fingerprint density at radius 1 is 1.26 bits per heavy atom. The van der Waals surface area contributed by atoms with Gasteiger partial charge >= 0.3 is 5.97 Å². The van der Waals surface area contributed by atoms with Crippen LogP contribution >= 0.6 is 0 Å². The first-order valence-corrected chi connectivity index (χ1v) is 9.37. The van der Waals surface area contributed by atoms with Crippen LogP contribution < -0.4 is 0 Å². The van der Waals surface area contributed by atoms with Gasteiger partial charge in [0.1, 0.15) is 11.6 Å². The number of esters is 1. The van der Waals surface area contributed by atoms with Gasteiger partial charge in [0.15, 0.2) is 6.10 Å². The van der Waals surface area contributed by atoms with Crippen molar-refractivity contribution in [2.75, 3.05) is 6.54 Å².